The summed E-state index contributed by atoms with van der Waals surface area (Å²) in [6.07, 6.45) is 1.25. The van der Waals surface area contributed by atoms with E-state index in [0.717, 1.165) is 5.06 Å². The van der Waals surface area contributed by atoms with Gasteiger partial charge in [0, 0.05) is 13.2 Å². The van der Waals surface area contributed by atoms with Crippen molar-refractivity contribution in [3.63, 3.8) is 0 Å². The zero-order chi connectivity index (χ0) is 10.7. The predicted octanol–water partition coefficient (Wildman–Crippen LogP) is 1.42. The summed E-state index contributed by atoms with van der Waals surface area (Å²) < 4.78 is 0. The van der Waals surface area contributed by atoms with Gasteiger partial charge in [0.15, 0.2) is 0 Å². The standard InChI is InChI=1S/C7H7Cl2N3O2/c1-12(14-2)6(13)4-3-10-7(9)11-5(4)8/h3H,1-2H3. The Labute approximate surface area is 90.6 Å². The molecule has 76 valence electrons. The molecule has 0 aliphatic carbocycles. The Morgan fingerprint density at radius 1 is 1.57 bits per heavy atom. The average Bonchev–Trinajstić information content (AvgIpc) is 2.15. The quantitative estimate of drug-likeness (QED) is 0.442. The van der Waals surface area contributed by atoms with Crippen LogP contribution in [0.1, 0.15) is 10.4 Å². The van der Waals surface area contributed by atoms with Gasteiger partial charge in [-0.15, -0.1) is 0 Å². The minimum Gasteiger partial charge on any atom is -0.274 e. The van der Waals surface area contributed by atoms with Crippen LogP contribution in [0.25, 0.3) is 0 Å². The summed E-state index contributed by atoms with van der Waals surface area (Å²) in [7, 11) is 2.82. The lowest BCUT2D eigenvalue weighted by molar-refractivity contribution is -0.0757. The van der Waals surface area contributed by atoms with Crippen molar-refractivity contribution < 1.29 is 9.63 Å². The Morgan fingerprint density at radius 2 is 2.21 bits per heavy atom. The van der Waals surface area contributed by atoms with Gasteiger partial charge in [0.05, 0.1) is 12.7 Å². The van der Waals surface area contributed by atoms with E-state index in [0.29, 0.717) is 0 Å². The number of carbonyl (C=O) groups is 1. The van der Waals surface area contributed by atoms with Crippen molar-refractivity contribution in [2.45, 2.75) is 0 Å². The van der Waals surface area contributed by atoms with E-state index in [4.69, 9.17) is 23.2 Å². The molecule has 0 N–H and O–H groups in total. The maximum atomic E-state index is 11.5. The number of hydroxylamine groups is 2. The van der Waals surface area contributed by atoms with Gasteiger partial charge >= 0.3 is 0 Å². The number of nitrogens with zero attached hydrogens (tertiary/aromatic N) is 3. The number of rotatable bonds is 2. The number of hydrogen-bond donors (Lipinski definition) is 0. The van der Waals surface area contributed by atoms with Crippen molar-refractivity contribution in [2.24, 2.45) is 0 Å². The maximum absolute atomic E-state index is 11.5. The minimum absolute atomic E-state index is 0.00102. The number of hydrogen-bond acceptors (Lipinski definition) is 4. The van der Waals surface area contributed by atoms with E-state index in [1.165, 1.54) is 20.4 Å². The van der Waals surface area contributed by atoms with Crippen LogP contribution >= 0.6 is 23.2 Å². The number of carbonyl (C=O) groups excluding carboxylic acids is 1. The molecule has 0 fully saturated rings. The van der Waals surface area contributed by atoms with Crippen molar-refractivity contribution in [1.82, 2.24) is 15.0 Å². The third-order valence-electron chi connectivity index (χ3n) is 1.50. The van der Waals surface area contributed by atoms with Crippen LogP contribution in [0.15, 0.2) is 6.20 Å². The highest BCUT2D eigenvalue weighted by Crippen LogP contribution is 2.15. The van der Waals surface area contributed by atoms with Crippen LogP contribution in [-0.4, -0.2) is 35.1 Å². The van der Waals surface area contributed by atoms with Crippen molar-refractivity contribution in [3.05, 3.63) is 22.2 Å². The van der Waals surface area contributed by atoms with Crippen LogP contribution in [0.4, 0.5) is 0 Å². The van der Waals surface area contributed by atoms with Crippen LogP contribution in [0, 0.1) is 0 Å². The van der Waals surface area contributed by atoms with Crippen molar-refractivity contribution >= 4 is 29.1 Å². The third kappa shape index (κ3) is 2.31. The molecule has 14 heavy (non-hydrogen) atoms. The molecule has 1 rings (SSSR count). The normalized spacial score (nSPS) is 10.0. The molecule has 0 atom stereocenters. The second-order valence-electron chi connectivity index (χ2n) is 2.33. The van der Waals surface area contributed by atoms with E-state index in [1.54, 1.807) is 0 Å². The Balaban J connectivity index is 3.02. The first-order chi connectivity index (χ1) is 6.56. The van der Waals surface area contributed by atoms with Gasteiger partial charge in [-0.25, -0.2) is 15.0 Å². The monoisotopic (exact) mass is 235 g/mol. The van der Waals surface area contributed by atoms with E-state index in [1.807, 2.05) is 0 Å². The van der Waals surface area contributed by atoms with Gasteiger partial charge in [-0.2, -0.15) is 0 Å². The number of halogens is 2. The molecule has 1 aromatic heterocycles. The lowest BCUT2D eigenvalue weighted by atomic mass is 10.3. The van der Waals surface area contributed by atoms with E-state index in [2.05, 4.69) is 14.8 Å². The molecule has 0 saturated carbocycles. The summed E-state index contributed by atoms with van der Waals surface area (Å²) in [5.74, 6) is -0.436. The van der Waals surface area contributed by atoms with Crippen molar-refractivity contribution in [2.75, 3.05) is 14.2 Å². The maximum Gasteiger partial charge on any atom is 0.281 e. The van der Waals surface area contributed by atoms with Gasteiger partial charge in [0.1, 0.15) is 5.15 Å². The molecular formula is C7H7Cl2N3O2. The highest BCUT2D eigenvalue weighted by molar-refractivity contribution is 6.34. The lowest BCUT2D eigenvalue weighted by Gasteiger charge is -2.13. The SMILES string of the molecule is CON(C)C(=O)c1cnc(Cl)nc1Cl. The molecule has 7 heteroatoms. The second kappa shape index (κ2) is 4.54. The summed E-state index contributed by atoms with van der Waals surface area (Å²) in [4.78, 5) is 23.5. The van der Waals surface area contributed by atoms with Gasteiger partial charge in [-0.3, -0.25) is 9.63 Å². The molecule has 1 amide bonds. The van der Waals surface area contributed by atoms with E-state index in [9.17, 15) is 4.79 Å². The summed E-state index contributed by atoms with van der Waals surface area (Å²) in [6, 6.07) is 0. The number of amides is 1. The van der Waals surface area contributed by atoms with Crippen LogP contribution in [0.3, 0.4) is 0 Å². The van der Waals surface area contributed by atoms with Gasteiger partial charge in [0.25, 0.3) is 5.91 Å². The smallest absolute Gasteiger partial charge is 0.274 e. The van der Waals surface area contributed by atoms with E-state index >= 15 is 0 Å². The summed E-state index contributed by atoms with van der Waals surface area (Å²) in [5.41, 5.74) is 0.139. The molecule has 5 nitrogen and oxygen atoms in total. The van der Waals surface area contributed by atoms with E-state index < -0.39 is 5.91 Å². The van der Waals surface area contributed by atoms with Crippen molar-refractivity contribution in [3.8, 4) is 0 Å². The van der Waals surface area contributed by atoms with Gasteiger partial charge in [-0.05, 0) is 11.6 Å². The first kappa shape index (κ1) is 11.2. The molecule has 0 radical (unpaired) electrons. The van der Waals surface area contributed by atoms with E-state index in [-0.39, 0.29) is 16.0 Å². The molecule has 1 heterocycles. The lowest BCUT2D eigenvalue weighted by Crippen LogP contribution is -2.26. The predicted molar refractivity (Wildman–Crippen MR) is 51.2 cm³/mol. The second-order valence-corrected chi connectivity index (χ2v) is 3.02. The van der Waals surface area contributed by atoms with Crippen molar-refractivity contribution in [1.29, 1.82) is 0 Å². The highest BCUT2D eigenvalue weighted by atomic mass is 35.5. The molecular weight excluding hydrogens is 229 g/mol. The van der Waals surface area contributed by atoms with Crippen LogP contribution in [0.2, 0.25) is 10.4 Å². The molecule has 0 aromatic carbocycles. The molecule has 0 aliphatic heterocycles. The molecule has 0 spiro atoms. The Kier molecular flexibility index (Phi) is 3.62. The largest absolute Gasteiger partial charge is 0.281 e. The van der Waals surface area contributed by atoms with Crippen LogP contribution in [-0.2, 0) is 4.84 Å². The highest BCUT2D eigenvalue weighted by Gasteiger charge is 2.16. The van der Waals surface area contributed by atoms with Gasteiger partial charge < -0.3 is 0 Å². The topological polar surface area (TPSA) is 55.3 Å². The molecule has 1 aromatic rings. The first-order valence-corrected chi connectivity index (χ1v) is 4.32. The minimum atomic E-state index is -0.436. The fourth-order valence-electron chi connectivity index (χ4n) is 0.737. The molecule has 0 aliphatic rings. The molecule has 0 bridgehead atoms. The fraction of sp³-hybridized carbons (Fsp3) is 0.286. The Hall–Kier alpha value is -0.910. The van der Waals surface area contributed by atoms with Crippen LogP contribution < -0.4 is 0 Å². The Morgan fingerprint density at radius 3 is 2.71 bits per heavy atom. The van der Waals surface area contributed by atoms with Crippen LogP contribution in [0.5, 0.6) is 0 Å². The zero-order valence-corrected chi connectivity index (χ0v) is 9.00. The zero-order valence-electron chi connectivity index (χ0n) is 7.49. The first-order valence-electron chi connectivity index (χ1n) is 3.56. The summed E-state index contributed by atoms with van der Waals surface area (Å²) >= 11 is 11.2. The van der Waals surface area contributed by atoms with Gasteiger partial charge in [0.2, 0.25) is 5.28 Å². The average molecular weight is 236 g/mol. The molecule has 0 saturated heterocycles. The fourth-order valence-corrected chi connectivity index (χ4v) is 1.12. The number of aromatic nitrogens is 2. The van der Waals surface area contributed by atoms with Gasteiger partial charge in [-0.1, -0.05) is 11.6 Å². The third-order valence-corrected chi connectivity index (χ3v) is 1.97. The Bertz CT molecular complexity index is 359. The molecule has 0 unspecified atom stereocenters. The summed E-state index contributed by atoms with van der Waals surface area (Å²) in [5, 5.41) is 1.00. The summed E-state index contributed by atoms with van der Waals surface area (Å²) in [6.45, 7) is 0.